The van der Waals surface area contributed by atoms with Gasteiger partial charge in [0.15, 0.2) is 0 Å². The molecule has 0 unspecified atom stereocenters. The molecule has 4 rings (SSSR count). The summed E-state index contributed by atoms with van der Waals surface area (Å²) in [6, 6.07) is 17.9. The molecule has 5 heteroatoms. The minimum absolute atomic E-state index is 0.429. The minimum Gasteiger partial charge on any atom is -0.457 e. The second kappa shape index (κ2) is 6.90. The van der Waals surface area contributed by atoms with Crippen molar-refractivity contribution in [1.82, 2.24) is 9.97 Å². The topological polar surface area (TPSA) is 65.6 Å². The largest absolute Gasteiger partial charge is 0.457 e. The van der Waals surface area contributed by atoms with Crippen LogP contribution < -0.4 is 0 Å². The molecule has 0 amide bonds. The fraction of sp³-hybridized carbons (Fsp3) is 0.0909. The molecule has 0 atom stereocenters. The zero-order valence-corrected chi connectivity index (χ0v) is 16.5. The molecule has 0 fully saturated rings. The average Bonchev–Trinajstić information content (AvgIpc) is 3.27. The number of halogens is 1. The van der Waals surface area contributed by atoms with Crippen LogP contribution in [0.4, 0.5) is 0 Å². The van der Waals surface area contributed by atoms with Crippen LogP contribution in [0.2, 0.25) is 0 Å². The third kappa shape index (κ3) is 3.44. The molecule has 2 heterocycles. The van der Waals surface area contributed by atoms with Gasteiger partial charge >= 0.3 is 0 Å². The Kier molecular flexibility index (Phi) is 4.43. The molecule has 27 heavy (non-hydrogen) atoms. The van der Waals surface area contributed by atoms with Crippen LogP contribution in [0.3, 0.4) is 0 Å². The van der Waals surface area contributed by atoms with E-state index in [4.69, 9.17) is 4.42 Å². The fourth-order valence-corrected chi connectivity index (χ4v) is 3.16. The Hall–Kier alpha value is -3.10. The van der Waals surface area contributed by atoms with E-state index in [1.165, 1.54) is 11.1 Å². The SMILES string of the molecule is Cc1cc2nc(C(C#N)=Cc3ccc(-c4ccc(Br)cc4)o3)[nH]c2cc1C. The number of nitriles is 1. The predicted molar refractivity (Wildman–Crippen MR) is 111 cm³/mol. The second-order valence-electron chi connectivity index (χ2n) is 6.42. The van der Waals surface area contributed by atoms with Crippen molar-refractivity contribution < 1.29 is 4.42 Å². The van der Waals surface area contributed by atoms with Gasteiger partial charge in [-0.05, 0) is 61.4 Å². The van der Waals surface area contributed by atoms with Gasteiger partial charge in [0.2, 0.25) is 0 Å². The van der Waals surface area contributed by atoms with Gasteiger partial charge in [-0.3, -0.25) is 0 Å². The third-order valence-corrected chi connectivity index (χ3v) is 5.04. The van der Waals surface area contributed by atoms with Gasteiger partial charge in [0.1, 0.15) is 23.4 Å². The summed E-state index contributed by atoms with van der Waals surface area (Å²) in [6.45, 7) is 4.11. The fourth-order valence-electron chi connectivity index (χ4n) is 2.89. The van der Waals surface area contributed by atoms with Crippen LogP contribution in [0, 0.1) is 25.2 Å². The van der Waals surface area contributed by atoms with E-state index in [-0.39, 0.29) is 0 Å². The highest BCUT2D eigenvalue weighted by molar-refractivity contribution is 9.10. The predicted octanol–water partition coefficient (Wildman–Crippen LogP) is 6.27. The van der Waals surface area contributed by atoms with Crippen LogP contribution in [-0.4, -0.2) is 9.97 Å². The molecule has 0 bridgehead atoms. The number of H-pyrrole nitrogens is 1. The standard InChI is InChI=1S/C22H16BrN3O/c1-13-9-19-20(10-14(13)2)26-22(25-19)16(12-24)11-18-7-8-21(27-18)15-3-5-17(23)6-4-15/h3-11H,1-2H3,(H,25,26). The Morgan fingerprint density at radius 3 is 2.59 bits per heavy atom. The van der Waals surface area contributed by atoms with E-state index in [0.717, 1.165) is 26.8 Å². The van der Waals surface area contributed by atoms with Crippen LogP contribution in [0.25, 0.3) is 34.0 Å². The number of aryl methyl sites for hydroxylation is 2. The first kappa shape index (κ1) is 17.3. The van der Waals surface area contributed by atoms with Crippen LogP contribution >= 0.6 is 15.9 Å². The number of imidazole rings is 1. The van der Waals surface area contributed by atoms with Gasteiger partial charge < -0.3 is 9.40 Å². The van der Waals surface area contributed by atoms with E-state index in [1.807, 2.05) is 42.5 Å². The quantitative estimate of drug-likeness (QED) is 0.399. The van der Waals surface area contributed by atoms with Crippen molar-refractivity contribution in [2.75, 3.05) is 0 Å². The molecule has 0 aliphatic heterocycles. The second-order valence-corrected chi connectivity index (χ2v) is 7.33. The van der Waals surface area contributed by atoms with Gasteiger partial charge in [0, 0.05) is 16.1 Å². The van der Waals surface area contributed by atoms with E-state index in [0.29, 0.717) is 17.2 Å². The molecular formula is C22H16BrN3O. The normalized spacial score (nSPS) is 11.7. The van der Waals surface area contributed by atoms with Crippen LogP contribution in [0.15, 0.2) is 57.4 Å². The maximum absolute atomic E-state index is 9.60. The number of furan rings is 1. The summed E-state index contributed by atoms with van der Waals surface area (Å²) in [5.41, 5.74) is 5.54. The smallest absolute Gasteiger partial charge is 0.149 e. The van der Waals surface area contributed by atoms with Crippen molar-refractivity contribution >= 4 is 38.6 Å². The Morgan fingerprint density at radius 2 is 1.85 bits per heavy atom. The van der Waals surface area contributed by atoms with Crippen molar-refractivity contribution in [2.24, 2.45) is 0 Å². The van der Waals surface area contributed by atoms with Gasteiger partial charge in [0.25, 0.3) is 0 Å². The number of rotatable bonds is 3. The maximum Gasteiger partial charge on any atom is 0.149 e. The zero-order chi connectivity index (χ0) is 19.0. The van der Waals surface area contributed by atoms with E-state index < -0.39 is 0 Å². The summed E-state index contributed by atoms with van der Waals surface area (Å²) in [7, 11) is 0. The molecule has 0 radical (unpaired) electrons. The molecule has 0 aliphatic rings. The molecule has 4 nitrogen and oxygen atoms in total. The number of hydrogen-bond acceptors (Lipinski definition) is 3. The maximum atomic E-state index is 9.60. The molecule has 1 N–H and O–H groups in total. The summed E-state index contributed by atoms with van der Waals surface area (Å²) >= 11 is 3.43. The lowest BCUT2D eigenvalue weighted by Gasteiger charge is -1.97. The average molecular weight is 418 g/mol. The molecule has 0 aliphatic carbocycles. The van der Waals surface area contributed by atoms with Crippen LogP contribution in [-0.2, 0) is 0 Å². The minimum atomic E-state index is 0.429. The molecular weight excluding hydrogens is 402 g/mol. The van der Waals surface area contributed by atoms with Gasteiger partial charge in [-0.15, -0.1) is 0 Å². The molecule has 132 valence electrons. The van der Waals surface area contributed by atoms with Crippen LogP contribution in [0.1, 0.15) is 22.7 Å². The van der Waals surface area contributed by atoms with E-state index in [9.17, 15) is 5.26 Å². The van der Waals surface area contributed by atoms with E-state index in [1.54, 1.807) is 6.08 Å². The van der Waals surface area contributed by atoms with Crippen molar-refractivity contribution in [2.45, 2.75) is 13.8 Å². The highest BCUT2D eigenvalue weighted by Gasteiger charge is 2.11. The third-order valence-electron chi connectivity index (χ3n) is 4.52. The lowest BCUT2D eigenvalue weighted by molar-refractivity contribution is 0.572. The molecule has 0 saturated carbocycles. The number of benzene rings is 2. The number of hydrogen-bond donors (Lipinski definition) is 1. The molecule has 2 aromatic carbocycles. The molecule has 0 spiro atoms. The van der Waals surface area contributed by atoms with Gasteiger partial charge in [0.05, 0.1) is 16.6 Å². The molecule has 0 saturated heterocycles. The Bertz CT molecular complexity index is 1170. The number of aromatic amines is 1. The van der Waals surface area contributed by atoms with E-state index >= 15 is 0 Å². The summed E-state index contributed by atoms with van der Waals surface area (Å²) < 4.78 is 6.91. The first-order chi connectivity index (χ1) is 13.0. The van der Waals surface area contributed by atoms with Crippen molar-refractivity contribution in [3.63, 3.8) is 0 Å². The molecule has 2 aromatic heterocycles. The Labute approximate surface area is 165 Å². The number of nitrogens with zero attached hydrogens (tertiary/aromatic N) is 2. The summed E-state index contributed by atoms with van der Waals surface area (Å²) in [4.78, 5) is 7.79. The van der Waals surface area contributed by atoms with Gasteiger partial charge in [-0.25, -0.2) is 4.98 Å². The highest BCUT2D eigenvalue weighted by atomic mass is 79.9. The monoisotopic (exact) mass is 417 g/mol. The number of fused-ring (bicyclic) bond motifs is 1. The van der Waals surface area contributed by atoms with Crippen molar-refractivity contribution in [1.29, 1.82) is 5.26 Å². The summed E-state index contributed by atoms with van der Waals surface area (Å²) in [5, 5.41) is 9.60. The Morgan fingerprint density at radius 1 is 1.11 bits per heavy atom. The first-order valence-electron chi connectivity index (χ1n) is 8.48. The highest BCUT2D eigenvalue weighted by Crippen LogP contribution is 2.27. The number of allylic oxidation sites excluding steroid dienone is 1. The first-order valence-corrected chi connectivity index (χ1v) is 9.28. The molecule has 4 aromatic rings. The Balaban J connectivity index is 1.70. The summed E-state index contributed by atoms with van der Waals surface area (Å²) in [5.74, 6) is 1.90. The van der Waals surface area contributed by atoms with Crippen molar-refractivity contribution in [3.05, 3.63) is 75.7 Å². The summed E-state index contributed by atoms with van der Waals surface area (Å²) in [6.07, 6.45) is 1.71. The zero-order valence-electron chi connectivity index (χ0n) is 14.9. The van der Waals surface area contributed by atoms with E-state index in [2.05, 4.69) is 51.9 Å². The van der Waals surface area contributed by atoms with Crippen LogP contribution in [0.5, 0.6) is 0 Å². The number of aromatic nitrogens is 2. The van der Waals surface area contributed by atoms with Crippen molar-refractivity contribution in [3.8, 4) is 17.4 Å². The van der Waals surface area contributed by atoms with Gasteiger partial charge in [-0.2, -0.15) is 5.26 Å². The van der Waals surface area contributed by atoms with Gasteiger partial charge in [-0.1, -0.05) is 28.1 Å². The lowest BCUT2D eigenvalue weighted by Crippen LogP contribution is -1.84. The number of nitrogens with one attached hydrogen (secondary N) is 1. The lowest BCUT2D eigenvalue weighted by atomic mass is 10.1.